The number of rotatable bonds is 4. The Bertz CT molecular complexity index is 319. The van der Waals surface area contributed by atoms with Crippen LogP contribution in [0, 0.1) is 0 Å². The molecule has 0 spiro atoms. The molecule has 0 fully saturated rings. The Balaban J connectivity index is 2.58. The van der Waals surface area contributed by atoms with Crippen molar-refractivity contribution in [2.45, 2.75) is 22.8 Å². The van der Waals surface area contributed by atoms with Crippen LogP contribution in [0.4, 0.5) is 0 Å². The molecule has 0 aliphatic carbocycles. The summed E-state index contributed by atoms with van der Waals surface area (Å²) in [5.74, 6) is -0.317. The van der Waals surface area contributed by atoms with E-state index < -0.39 is 10.8 Å². The van der Waals surface area contributed by atoms with Gasteiger partial charge in [-0.2, -0.15) is 0 Å². The van der Waals surface area contributed by atoms with Crippen molar-refractivity contribution in [2.24, 2.45) is 0 Å². The first-order valence-corrected chi connectivity index (χ1v) is 6.25. The maximum atomic E-state index is 11.8. The predicted molar refractivity (Wildman–Crippen MR) is 56.8 cm³/mol. The Kier molecular flexibility index (Phi) is 4.28. The standard InChI is InChI=1S/C9H12O3S2/c1-7(6-8(10)12-2)14(11)9-4-3-5-13-9/h3-5,7H,6H2,1-2H3. The molecule has 0 saturated carbocycles. The Morgan fingerprint density at radius 2 is 2.43 bits per heavy atom. The minimum atomic E-state index is -1.10. The van der Waals surface area contributed by atoms with Crippen molar-refractivity contribution < 1.29 is 13.7 Å². The first kappa shape index (κ1) is 11.4. The molecule has 1 aromatic rings. The van der Waals surface area contributed by atoms with Crippen molar-refractivity contribution in [3.8, 4) is 0 Å². The molecule has 14 heavy (non-hydrogen) atoms. The zero-order valence-corrected chi connectivity index (χ0v) is 9.69. The number of hydrogen-bond donors (Lipinski definition) is 0. The van der Waals surface area contributed by atoms with E-state index in [0.29, 0.717) is 0 Å². The lowest BCUT2D eigenvalue weighted by atomic mass is 10.3. The molecule has 0 N–H and O–H groups in total. The highest BCUT2D eigenvalue weighted by molar-refractivity contribution is 7.87. The number of methoxy groups -OCH3 is 1. The number of carbonyl (C=O) groups excluding carboxylic acids is 1. The van der Waals surface area contributed by atoms with E-state index >= 15 is 0 Å². The van der Waals surface area contributed by atoms with Crippen LogP contribution >= 0.6 is 11.3 Å². The summed E-state index contributed by atoms with van der Waals surface area (Å²) in [4.78, 5) is 10.9. The number of hydrogen-bond acceptors (Lipinski definition) is 4. The van der Waals surface area contributed by atoms with Crippen LogP contribution in [0.5, 0.6) is 0 Å². The topological polar surface area (TPSA) is 43.4 Å². The highest BCUT2D eigenvalue weighted by atomic mass is 32.2. The van der Waals surface area contributed by atoms with Crippen LogP contribution < -0.4 is 0 Å². The quantitative estimate of drug-likeness (QED) is 0.744. The van der Waals surface area contributed by atoms with Gasteiger partial charge >= 0.3 is 5.97 Å². The van der Waals surface area contributed by atoms with Gasteiger partial charge in [-0.15, -0.1) is 11.3 Å². The molecule has 2 atom stereocenters. The van der Waals surface area contributed by atoms with E-state index in [1.807, 2.05) is 17.5 Å². The molecule has 1 rings (SSSR count). The van der Waals surface area contributed by atoms with E-state index in [0.717, 1.165) is 4.21 Å². The monoisotopic (exact) mass is 232 g/mol. The minimum absolute atomic E-state index is 0.193. The van der Waals surface area contributed by atoms with Crippen LogP contribution in [-0.4, -0.2) is 22.5 Å². The Labute approximate surface area is 89.5 Å². The Morgan fingerprint density at radius 3 is 2.93 bits per heavy atom. The molecule has 5 heteroatoms. The van der Waals surface area contributed by atoms with E-state index in [1.54, 1.807) is 6.92 Å². The molecule has 0 radical (unpaired) electrons. The van der Waals surface area contributed by atoms with Gasteiger partial charge in [0.1, 0.15) is 0 Å². The second-order valence-electron chi connectivity index (χ2n) is 2.82. The molecule has 0 amide bonds. The molecule has 0 saturated heterocycles. The molecular formula is C9H12O3S2. The summed E-state index contributed by atoms with van der Waals surface area (Å²) in [6.45, 7) is 1.78. The summed E-state index contributed by atoms with van der Waals surface area (Å²) in [5.41, 5.74) is 0. The van der Waals surface area contributed by atoms with Crippen molar-refractivity contribution in [3.63, 3.8) is 0 Å². The molecule has 0 bridgehead atoms. The number of thiophene rings is 1. The molecule has 3 nitrogen and oxygen atoms in total. The van der Waals surface area contributed by atoms with Crippen molar-refractivity contribution in [3.05, 3.63) is 17.5 Å². The van der Waals surface area contributed by atoms with Gasteiger partial charge in [0.2, 0.25) is 0 Å². The second-order valence-corrected chi connectivity index (χ2v) is 5.87. The van der Waals surface area contributed by atoms with Crippen molar-refractivity contribution in [1.82, 2.24) is 0 Å². The average Bonchev–Trinajstić information content (AvgIpc) is 2.69. The van der Waals surface area contributed by atoms with Gasteiger partial charge in [0, 0.05) is 5.25 Å². The SMILES string of the molecule is COC(=O)CC(C)S(=O)c1cccs1. The normalized spacial score (nSPS) is 14.7. The van der Waals surface area contributed by atoms with E-state index in [4.69, 9.17) is 0 Å². The van der Waals surface area contributed by atoms with Crippen LogP contribution in [0.25, 0.3) is 0 Å². The average molecular weight is 232 g/mol. The molecule has 78 valence electrons. The fraction of sp³-hybridized carbons (Fsp3) is 0.444. The molecule has 2 unspecified atom stereocenters. The second kappa shape index (κ2) is 5.26. The van der Waals surface area contributed by atoms with Gasteiger partial charge in [-0.3, -0.25) is 9.00 Å². The number of esters is 1. The van der Waals surface area contributed by atoms with Crippen LogP contribution in [0.1, 0.15) is 13.3 Å². The minimum Gasteiger partial charge on any atom is -0.469 e. The maximum Gasteiger partial charge on any atom is 0.306 e. The maximum absolute atomic E-state index is 11.8. The van der Waals surface area contributed by atoms with Gasteiger partial charge in [0.15, 0.2) is 0 Å². The van der Waals surface area contributed by atoms with Crippen molar-refractivity contribution >= 4 is 28.1 Å². The van der Waals surface area contributed by atoms with Crippen LogP contribution in [0.2, 0.25) is 0 Å². The van der Waals surface area contributed by atoms with Crippen LogP contribution in [0.3, 0.4) is 0 Å². The van der Waals surface area contributed by atoms with Gasteiger partial charge in [-0.25, -0.2) is 0 Å². The van der Waals surface area contributed by atoms with E-state index in [2.05, 4.69) is 4.74 Å². The number of ether oxygens (including phenoxy) is 1. The fourth-order valence-corrected chi connectivity index (χ4v) is 3.35. The van der Waals surface area contributed by atoms with Crippen molar-refractivity contribution in [1.29, 1.82) is 0 Å². The number of carbonyl (C=O) groups is 1. The van der Waals surface area contributed by atoms with Crippen molar-refractivity contribution in [2.75, 3.05) is 7.11 Å². The lowest BCUT2D eigenvalue weighted by Crippen LogP contribution is -2.16. The molecule has 0 aliphatic rings. The highest BCUT2D eigenvalue weighted by Crippen LogP contribution is 2.18. The Hall–Kier alpha value is -0.680. The molecule has 0 aromatic carbocycles. The molecule has 1 heterocycles. The van der Waals surface area contributed by atoms with Gasteiger partial charge in [0.25, 0.3) is 0 Å². The fourth-order valence-electron chi connectivity index (χ4n) is 0.970. The van der Waals surface area contributed by atoms with E-state index in [-0.39, 0.29) is 17.6 Å². The third-order valence-electron chi connectivity index (χ3n) is 1.74. The highest BCUT2D eigenvalue weighted by Gasteiger charge is 2.17. The van der Waals surface area contributed by atoms with E-state index in [1.165, 1.54) is 18.4 Å². The lowest BCUT2D eigenvalue weighted by Gasteiger charge is -2.07. The van der Waals surface area contributed by atoms with E-state index in [9.17, 15) is 9.00 Å². The zero-order chi connectivity index (χ0) is 10.6. The Morgan fingerprint density at radius 1 is 1.71 bits per heavy atom. The summed E-state index contributed by atoms with van der Waals surface area (Å²) in [6, 6.07) is 3.66. The first-order chi connectivity index (χ1) is 6.65. The summed E-state index contributed by atoms with van der Waals surface area (Å²) in [7, 11) is 0.235. The van der Waals surface area contributed by atoms with Gasteiger partial charge < -0.3 is 4.74 Å². The summed E-state index contributed by atoms with van der Waals surface area (Å²) >= 11 is 1.44. The smallest absolute Gasteiger partial charge is 0.306 e. The molecular weight excluding hydrogens is 220 g/mol. The molecule has 1 aromatic heterocycles. The van der Waals surface area contributed by atoms with Crippen LogP contribution in [-0.2, 0) is 20.3 Å². The van der Waals surface area contributed by atoms with Gasteiger partial charge in [0.05, 0.1) is 28.5 Å². The third kappa shape index (κ3) is 2.92. The predicted octanol–water partition coefficient (Wildman–Crippen LogP) is 1.81. The largest absolute Gasteiger partial charge is 0.469 e. The molecule has 0 aliphatic heterocycles. The van der Waals surface area contributed by atoms with Gasteiger partial charge in [-0.1, -0.05) is 6.07 Å². The lowest BCUT2D eigenvalue weighted by molar-refractivity contribution is -0.140. The first-order valence-electron chi connectivity index (χ1n) is 4.16. The summed E-state index contributed by atoms with van der Waals surface area (Å²) in [5, 5.41) is 1.68. The third-order valence-corrected chi connectivity index (χ3v) is 4.61. The zero-order valence-electron chi connectivity index (χ0n) is 8.06. The summed E-state index contributed by atoms with van der Waals surface area (Å²) < 4.78 is 17.1. The van der Waals surface area contributed by atoms with Crippen LogP contribution in [0.15, 0.2) is 21.7 Å². The van der Waals surface area contributed by atoms with Gasteiger partial charge in [-0.05, 0) is 18.4 Å². The summed E-state index contributed by atoms with van der Waals surface area (Å²) in [6.07, 6.45) is 0.195.